The molecule has 0 aromatic carbocycles. The summed E-state index contributed by atoms with van der Waals surface area (Å²) in [5.41, 5.74) is 0.640. The minimum Gasteiger partial charge on any atom is -0.379 e. The molecule has 2 aliphatic rings. The van der Waals surface area contributed by atoms with Crippen LogP contribution in [0, 0.1) is 5.41 Å². The molecule has 0 radical (unpaired) electrons. The summed E-state index contributed by atoms with van der Waals surface area (Å²) in [5.74, 6) is 0. The van der Waals surface area contributed by atoms with Gasteiger partial charge in [0.05, 0.1) is 12.2 Å². The van der Waals surface area contributed by atoms with Crippen molar-refractivity contribution in [2.45, 2.75) is 37.9 Å². The molecule has 64 valence electrons. The highest BCUT2D eigenvalue weighted by molar-refractivity contribution is 5.04. The second-order valence-electron chi connectivity index (χ2n) is 3.96. The highest BCUT2D eigenvalue weighted by atomic mass is 16.5. The zero-order valence-electron chi connectivity index (χ0n) is 7.30. The van der Waals surface area contributed by atoms with Gasteiger partial charge in [-0.15, -0.1) is 0 Å². The molecule has 0 saturated heterocycles. The average molecular weight is 156 g/mol. The Hall–Kier alpha value is -0.0800. The third-order valence-electron chi connectivity index (χ3n) is 3.25. The number of methoxy groups -OCH3 is 2. The molecular formula is C9H16O2. The van der Waals surface area contributed by atoms with Gasteiger partial charge in [0.2, 0.25) is 0 Å². The van der Waals surface area contributed by atoms with Gasteiger partial charge in [0.25, 0.3) is 0 Å². The molecule has 0 unspecified atom stereocenters. The van der Waals surface area contributed by atoms with Gasteiger partial charge in [-0.05, 0) is 31.1 Å². The van der Waals surface area contributed by atoms with E-state index in [0.717, 1.165) is 0 Å². The van der Waals surface area contributed by atoms with Gasteiger partial charge in [0, 0.05) is 14.2 Å². The van der Waals surface area contributed by atoms with Crippen molar-refractivity contribution in [1.29, 1.82) is 0 Å². The van der Waals surface area contributed by atoms with Gasteiger partial charge in [0.15, 0.2) is 0 Å². The highest BCUT2D eigenvalue weighted by Crippen LogP contribution is 2.58. The monoisotopic (exact) mass is 156 g/mol. The van der Waals surface area contributed by atoms with Crippen LogP contribution in [0.4, 0.5) is 0 Å². The molecule has 2 atom stereocenters. The molecule has 0 bridgehead atoms. The first-order valence-corrected chi connectivity index (χ1v) is 4.35. The van der Waals surface area contributed by atoms with Crippen LogP contribution in [-0.2, 0) is 9.47 Å². The van der Waals surface area contributed by atoms with Crippen molar-refractivity contribution in [2.24, 2.45) is 5.41 Å². The van der Waals surface area contributed by atoms with Crippen LogP contribution in [-0.4, -0.2) is 26.4 Å². The van der Waals surface area contributed by atoms with Crippen LogP contribution >= 0.6 is 0 Å². The molecule has 0 heterocycles. The number of rotatable bonds is 2. The summed E-state index contributed by atoms with van der Waals surface area (Å²) in [7, 11) is 3.58. The lowest BCUT2D eigenvalue weighted by atomic mass is 10.1. The molecule has 2 aliphatic carbocycles. The Morgan fingerprint density at radius 3 is 1.73 bits per heavy atom. The maximum Gasteiger partial charge on any atom is 0.0838 e. The Labute approximate surface area is 67.9 Å². The lowest BCUT2D eigenvalue weighted by molar-refractivity contribution is -0.0157. The predicted molar refractivity (Wildman–Crippen MR) is 42.5 cm³/mol. The minimum atomic E-state index is 0.363. The standard InChI is InChI=1S/C9H16O2/c1-10-7-5-9(3-4-9)6-8(7)11-2/h7-8H,3-6H2,1-2H3/t7-,8-/m1/s1. The van der Waals surface area contributed by atoms with Crippen molar-refractivity contribution in [3.05, 3.63) is 0 Å². The fourth-order valence-electron chi connectivity index (χ4n) is 2.26. The molecule has 2 fully saturated rings. The zero-order chi connectivity index (χ0) is 7.90. The maximum atomic E-state index is 5.37. The van der Waals surface area contributed by atoms with E-state index in [0.29, 0.717) is 17.6 Å². The van der Waals surface area contributed by atoms with Crippen molar-refractivity contribution in [1.82, 2.24) is 0 Å². The highest BCUT2D eigenvalue weighted by Gasteiger charge is 2.53. The Kier molecular flexibility index (Phi) is 1.69. The Morgan fingerprint density at radius 1 is 1.00 bits per heavy atom. The van der Waals surface area contributed by atoms with E-state index in [-0.39, 0.29) is 0 Å². The molecule has 0 N–H and O–H groups in total. The molecule has 2 nitrogen and oxygen atoms in total. The lowest BCUT2D eigenvalue weighted by Gasteiger charge is -2.15. The first-order chi connectivity index (χ1) is 5.29. The molecule has 0 aromatic heterocycles. The molecular weight excluding hydrogens is 140 g/mol. The van der Waals surface area contributed by atoms with Crippen LogP contribution in [0.1, 0.15) is 25.7 Å². The van der Waals surface area contributed by atoms with Crippen molar-refractivity contribution in [3.63, 3.8) is 0 Å². The van der Waals surface area contributed by atoms with E-state index in [1.165, 1.54) is 25.7 Å². The summed E-state index contributed by atoms with van der Waals surface area (Å²) in [4.78, 5) is 0. The average Bonchev–Trinajstić information content (AvgIpc) is 2.64. The number of hydrogen-bond acceptors (Lipinski definition) is 2. The van der Waals surface area contributed by atoms with Crippen LogP contribution in [0.15, 0.2) is 0 Å². The second kappa shape index (κ2) is 2.46. The van der Waals surface area contributed by atoms with Crippen LogP contribution in [0.3, 0.4) is 0 Å². The van der Waals surface area contributed by atoms with Crippen LogP contribution in [0.25, 0.3) is 0 Å². The molecule has 1 spiro atoms. The zero-order valence-corrected chi connectivity index (χ0v) is 7.30. The normalized spacial score (nSPS) is 39.8. The van der Waals surface area contributed by atoms with Crippen LogP contribution in [0.5, 0.6) is 0 Å². The van der Waals surface area contributed by atoms with Gasteiger partial charge >= 0.3 is 0 Å². The van der Waals surface area contributed by atoms with E-state index in [1.807, 2.05) is 0 Å². The molecule has 2 rings (SSSR count). The Bertz CT molecular complexity index is 138. The van der Waals surface area contributed by atoms with Gasteiger partial charge in [-0.1, -0.05) is 0 Å². The van der Waals surface area contributed by atoms with Crippen molar-refractivity contribution in [3.8, 4) is 0 Å². The largest absolute Gasteiger partial charge is 0.379 e. The van der Waals surface area contributed by atoms with Crippen molar-refractivity contribution < 1.29 is 9.47 Å². The lowest BCUT2D eigenvalue weighted by Crippen LogP contribution is -2.23. The summed E-state index contributed by atoms with van der Waals surface area (Å²) in [6.07, 6.45) is 5.97. The predicted octanol–water partition coefficient (Wildman–Crippen LogP) is 1.59. The summed E-state index contributed by atoms with van der Waals surface area (Å²) in [6, 6.07) is 0. The summed E-state index contributed by atoms with van der Waals surface area (Å²) >= 11 is 0. The first kappa shape index (κ1) is 7.56. The van der Waals surface area contributed by atoms with Crippen molar-refractivity contribution >= 4 is 0 Å². The fraction of sp³-hybridized carbons (Fsp3) is 1.00. The van der Waals surface area contributed by atoms with Crippen LogP contribution < -0.4 is 0 Å². The van der Waals surface area contributed by atoms with E-state index in [4.69, 9.17) is 9.47 Å². The smallest absolute Gasteiger partial charge is 0.0838 e. The van der Waals surface area contributed by atoms with E-state index < -0.39 is 0 Å². The summed E-state index contributed by atoms with van der Waals surface area (Å²) in [6.45, 7) is 0. The molecule has 0 aliphatic heterocycles. The van der Waals surface area contributed by atoms with E-state index in [9.17, 15) is 0 Å². The number of ether oxygens (including phenoxy) is 2. The van der Waals surface area contributed by atoms with Gasteiger partial charge in [0.1, 0.15) is 0 Å². The topological polar surface area (TPSA) is 18.5 Å². The van der Waals surface area contributed by atoms with E-state index in [2.05, 4.69) is 0 Å². The Morgan fingerprint density at radius 2 is 1.45 bits per heavy atom. The minimum absolute atomic E-state index is 0.363. The summed E-state index contributed by atoms with van der Waals surface area (Å²) in [5, 5.41) is 0. The van der Waals surface area contributed by atoms with Gasteiger partial charge < -0.3 is 9.47 Å². The molecule has 0 aromatic rings. The Balaban J connectivity index is 1.99. The molecule has 2 saturated carbocycles. The van der Waals surface area contributed by atoms with Gasteiger partial charge in [-0.3, -0.25) is 0 Å². The SMILES string of the molecule is CO[C@@H]1CC2(CC2)C[C@H]1OC. The van der Waals surface area contributed by atoms with E-state index >= 15 is 0 Å². The quantitative estimate of drug-likeness (QED) is 0.604. The van der Waals surface area contributed by atoms with Gasteiger partial charge in [-0.2, -0.15) is 0 Å². The molecule has 2 heteroatoms. The maximum absolute atomic E-state index is 5.37. The summed E-state index contributed by atoms with van der Waals surface area (Å²) < 4.78 is 10.7. The second-order valence-corrected chi connectivity index (χ2v) is 3.96. The fourth-order valence-corrected chi connectivity index (χ4v) is 2.26. The molecule has 0 amide bonds. The third kappa shape index (κ3) is 1.18. The first-order valence-electron chi connectivity index (χ1n) is 4.35. The van der Waals surface area contributed by atoms with Crippen molar-refractivity contribution in [2.75, 3.05) is 14.2 Å². The van der Waals surface area contributed by atoms with Crippen LogP contribution in [0.2, 0.25) is 0 Å². The molecule has 11 heavy (non-hydrogen) atoms. The van der Waals surface area contributed by atoms with E-state index in [1.54, 1.807) is 14.2 Å². The number of hydrogen-bond donors (Lipinski definition) is 0. The third-order valence-corrected chi connectivity index (χ3v) is 3.25. The van der Waals surface area contributed by atoms with Gasteiger partial charge in [-0.25, -0.2) is 0 Å².